The quantitative estimate of drug-likeness (QED) is 0.859. The van der Waals surface area contributed by atoms with Gasteiger partial charge in [0.05, 0.1) is 13.0 Å². The van der Waals surface area contributed by atoms with E-state index in [-0.39, 0.29) is 17.8 Å². The molecule has 0 bridgehead atoms. The second kappa shape index (κ2) is 7.51. The van der Waals surface area contributed by atoms with E-state index in [9.17, 15) is 9.59 Å². The van der Waals surface area contributed by atoms with Gasteiger partial charge in [-0.2, -0.15) is 0 Å². The zero-order valence-electron chi connectivity index (χ0n) is 14.1. The molecule has 1 amide bonds. The summed E-state index contributed by atoms with van der Waals surface area (Å²) in [7, 11) is 1.42. The van der Waals surface area contributed by atoms with Crippen molar-refractivity contribution in [3.05, 3.63) is 36.0 Å². The van der Waals surface area contributed by atoms with Crippen LogP contribution in [0, 0.1) is 5.92 Å². The van der Waals surface area contributed by atoms with Crippen molar-refractivity contribution in [3.63, 3.8) is 0 Å². The molecule has 0 radical (unpaired) electrons. The minimum absolute atomic E-state index is 0.0507. The summed E-state index contributed by atoms with van der Waals surface area (Å²) in [6, 6.07) is 8.23. The van der Waals surface area contributed by atoms with Gasteiger partial charge in [-0.3, -0.25) is 9.59 Å². The van der Waals surface area contributed by atoms with Gasteiger partial charge >= 0.3 is 5.97 Å². The zero-order chi connectivity index (χ0) is 16.9. The molecule has 1 aliphatic heterocycles. The number of hydrogen-bond acceptors (Lipinski definition) is 3. The van der Waals surface area contributed by atoms with Crippen molar-refractivity contribution in [2.24, 2.45) is 5.92 Å². The predicted molar refractivity (Wildman–Crippen MR) is 92.6 cm³/mol. The summed E-state index contributed by atoms with van der Waals surface area (Å²) >= 11 is 0. The summed E-state index contributed by atoms with van der Waals surface area (Å²) in [5.74, 6) is -0.00939. The first-order valence-corrected chi connectivity index (χ1v) is 8.59. The minimum Gasteiger partial charge on any atom is -0.469 e. The van der Waals surface area contributed by atoms with Crippen LogP contribution in [0.2, 0.25) is 0 Å². The van der Waals surface area contributed by atoms with Crippen molar-refractivity contribution in [2.45, 2.75) is 32.1 Å². The molecular formula is C19H24N2O3. The second-order valence-corrected chi connectivity index (χ2v) is 6.39. The number of likely N-dealkylation sites (tertiary alicyclic amines) is 1. The largest absolute Gasteiger partial charge is 0.469 e. The number of amides is 1. The highest BCUT2D eigenvalue weighted by molar-refractivity contribution is 5.83. The first-order chi connectivity index (χ1) is 11.7. The molecule has 5 nitrogen and oxygen atoms in total. The van der Waals surface area contributed by atoms with Crippen LogP contribution < -0.4 is 0 Å². The molecule has 1 aliphatic rings. The number of esters is 1. The molecular weight excluding hydrogens is 304 g/mol. The fourth-order valence-corrected chi connectivity index (χ4v) is 3.46. The van der Waals surface area contributed by atoms with E-state index in [1.165, 1.54) is 18.1 Å². The van der Waals surface area contributed by atoms with Crippen LogP contribution in [0.15, 0.2) is 30.5 Å². The van der Waals surface area contributed by atoms with Crippen molar-refractivity contribution < 1.29 is 14.3 Å². The van der Waals surface area contributed by atoms with Crippen LogP contribution in [-0.4, -0.2) is 42.0 Å². The molecule has 1 aromatic carbocycles. The molecule has 0 aliphatic carbocycles. The van der Waals surface area contributed by atoms with Crippen molar-refractivity contribution in [1.29, 1.82) is 0 Å². The lowest BCUT2D eigenvalue weighted by atomic mass is 9.96. The monoisotopic (exact) mass is 328 g/mol. The van der Waals surface area contributed by atoms with Gasteiger partial charge in [0, 0.05) is 36.6 Å². The number of methoxy groups -OCH3 is 1. The summed E-state index contributed by atoms with van der Waals surface area (Å²) in [4.78, 5) is 29.0. The van der Waals surface area contributed by atoms with E-state index in [2.05, 4.69) is 17.1 Å². The van der Waals surface area contributed by atoms with Crippen LogP contribution in [0.25, 0.3) is 10.9 Å². The van der Waals surface area contributed by atoms with Gasteiger partial charge in [0.25, 0.3) is 0 Å². The van der Waals surface area contributed by atoms with Crippen LogP contribution in [0.3, 0.4) is 0 Å². The number of carbonyl (C=O) groups is 2. The normalized spacial score (nSPS) is 15.6. The lowest BCUT2D eigenvalue weighted by Crippen LogP contribution is -2.40. The van der Waals surface area contributed by atoms with E-state index in [4.69, 9.17) is 4.74 Å². The Morgan fingerprint density at radius 2 is 2.00 bits per heavy atom. The van der Waals surface area contributed by atoms with Crippen molar-refractivity contribution in [3.8, 4) is 0 Å². The number of H-pyrrole nitrogens is 1. The fraction of sp³-hybridized carbons (Fsp3) is 0.474. The van der Waals surface area contributed by atoms with E-state index in [1.807, 2.05) is 23.2 Å². The lowest BCUT2D eigenvalue weighted by Gasteiger charge is -2.30. The van der Waals surface area contributed by atoms with Gasteiger partial charge in [0.15, 0.2) is 0 Å². The van der Waals surface area contributed by atoms with Crippen molar-refractivity contribution >= 4 is 22.8 Å². The summed E-state index contributed by atoms with van der Waals surface area (Å²) < 4.78 is 4.78. The Balaban J connectivity index is 1.46. The van der Waals surface area contributed by atoms with Gasteiger partial charge in [-0.15, -0.1) is 0 Å². The smallest absolute Gasteiger partial charge is 0.308 e. The zero-order valence-corrected chi connectivity index (χ0v) is 14.1. The first-order valence-electron chi connectivity index (χ1n) is 8.59. The second-order valence-electron chi connectivity index (χ2n) is 6.39. The topological polar surface area (TPSA) is 62.4 Å². The molecule has 0 saturated carbocycles. The summed E-state index contributed by atoms with van der Waals surface area (Å²) in [6.07, 6.45) is 5.76. The molecule has 1 saturated heterocycles. The number of ether oxygens (including phenoxy) is 1. The number of aryl methyl sites for hydroxylation is 1. The number of hydrogen-bond donors (Lipinski definition) is 1. The number of para-hydroxylation sites is 1. The molecule has 0 atom stereocenters. The van der Waals surface area contributed by atoms with E-state index in [0.29, 0.717) is 32.4 Å². The molecule has 3 rings (SSSR count). The highest BCUT2D eigenvalue weighted by atomic mass is 16.5. The lowest BCUT2D eigenvalue weighted by molar-refractivity contribution is -0.148. The van der Waals surface area contributed by atoms with Crippen LogP contribution in [0.1, 0.15) is 31.2 Å². The molecule has 1 aromatic heterocycles. The van der Waals surface area contributed by atoms with Gasteiger partial charge in [0.1, 0.15) is 0 Å². The molecule has 128 valence electrons. The predicted octanol–water partition coefficient (Wildman–Crippen LogP) is 2.90. The third-order valence-corrected chi connectivity index (χ3v) is 4.89. The van der Waals surface area contributed by atoms with Crippen LogP contribution in [0.4, 0.5) is 0 Å². The van der Waals surface area contributed by atoms with Gasteiger partial charge < -0.3 is 14.6 Å². The van der Waals surface area contributed by atoms with E-state index >= 15 is 0 Å². The number of rotatable bonds is 5. The maximum absolute atomic E-state index is 12.3. The maximum Gasteiger partial charge on any atom is 0.308 e. The summed E-state index contributed by atoms with van der Waals surface area (Å²) in [5, 5.41) is 1.24. The van der Waals surface area contributed by atoms with E-state index in [0.717, 1.165) is 18.4 Å². The van der Waals surface area contributed by atoms with Crippen LogP contribution in [0.5, 0.6) is 0 Å². The molecule has 24 heavy (non-hydrogen) atoms. The maximum atomic E-state index is 12.3. The Hall–Kier alpha value is -2.30. The van der Waals surface area contributed by atoms with Crippen LogP contribution >= 0.6 is 0 Å². The summed E-state index contributed by atoms with van der Waals surface area (Å²) in [5.41, 5.74) is 2.41. The number of carbonyl (C=O) groups excluding carboxylic acids is 2. The molecule has 2 aromatic rings. The van der Waals surface area contributed by atoms with Crippen molar-refractivity contribution in [2.75, 3.05) is 20.2 Å². The van der Waals surface area contributed by atoms with Crippen LogP contribution in [-0.2, 0) is 20.7 Å². The molecule has 5 heteroatoms. The standard InChI is InChI=1S/C19H24N2O3/c1-24-19(23)14-9-11-21(12-10-14)18(22)8-4-5-15-13-20-17-7-3-2-6-16(15)17/h2-3,6-7,13-14,20H,4-5,8-12H2,1H3. The Kier molecular flexibility index (Phi) is 5.18. The van der Waals surface area contributed by atoms with Gasteiger partial charge in [-0.1, -0.05) is 18.2 Å². The van der Waals surface area contributed by atoms with E-state index in [1.54, 1.807) is 0 Å². The number of nitrogens with one attached hydrogen (secondary N) is 1. The van der Waals surface area contributed by atoms with Gasteiger partial charge in [-0.25, -0.2) is 0 Å². The Bertz CT molecular complexity index is 714. The molecule has 2 heterocycles. The average Bonchev–Trinajstić information content (AvgIpc) is 3.04. The first kappa shape index (κ1) is 16.6. The number of benzene rings is 1. The highest BCUT2D eigenvalue weighted by Crippen LogP contribution is 2.21. The summed E-state index contributed by atoms with van der Waals surface area (Å²) in [6.45, 7) is 1.32. The molecule has 0 unspecified atom stereocenters. The van der Waals surface area contributed by atoms with Crippen molar-refractivity contribution in [1.82, 2.24) is 9.88 Å². The van der Waals surface area contributed by atoms with Gasteiger partial charge in [-0.05, 0) is 37.3 Å². The third-order valence-electron chi connectivity index (χ3n) is 4.89. The Morgan fingerprint density at radius 1 is 1.25 bits per heavy atom. The van der Waals surface area contributed by atoms with Gasteiger partial charge in [0.2, 0.25) is 5.91 Å². The molecule has 0 spiro atoms. The molecule has 1 N–H and O–H groups in total. The molecule has 1 fully saturated rings. The number of fused-ring (bicyclic) bond motifs is 1. The number of aromatic amines is 1. The SMILES string of the molecule is COC(=O)C1CCN(C(=O)CCCc2c[nH]c3ccccc23)CC1. The number of aromatic nitrogens is 1. The Morgan fingerprint density at radius 3 is 2.75 bits per heavy atom. The fourth-order valence-electron chi connectivity index (χ4n) is 3.46. The minimum atomic E-state index is -0.151. The number of piperidine rings is 1. The number of nitrogens with zero attached hydrogens (tertiary/aromatic N) is 1. The van der Waals surface area contributed by atoms with E-state index < -0.39 is 0 Å². The highest BCUT2D eigenvalue weighted by Gasteiger charge is 2.27. The Labute approximate surface area is 142 Å². The average molecular weight is 328 g/mol. The third kappa shape index (κ3) is 3.61.